The van der Waals surface area contributed by atoms with Crippen LogP contribution in [0.1, 0.15) is 11.4 Å². The van der Waals surface area contributed by atoms with Crippen LogP contribution in [-0.2, 0) is 6.42 Å². The first-order chi connectivity index (χ1) is 12.8. The second-order valence-corrected chi connectivity index (χ2v) is 5.44. The van der Waals surface area contributed by atoms with Gasteiger partial charge in [0.25, 0.3) is 0 Å². The topological polar surface area (TPSA) is 80.8 Å². The highest BCUT2D eigenvalue weighted by Crippen LogP contribution is 2.13. The normalized spacial score (nSPS) is 10.0. The molecule has 4 aromatic rings. The Hall–Kier alpha value is -3.54. The van der Waals surface area contributed by atoms with E-state index in [1.807, 2.05) is 42.5 Å². The highest BCUT2D eigenvalue weighted by molar-refractivity contribution is 5.72. The minimum absolute atomic E-state index is 0.0743. The van der Waals surface area contributed by atoms with E-state index in [-0.39, 0.29) is 5.43 Å². The molecule has 1 N–H and O–H groups in total. The van der Waals surface area contributed by atoms with Crippen LogP contribution in [-0.4, -0.2) is 27.0 Å². The van der Waals surface area contributed by atoms with Crippen molar-refractivity contribution in [1.82, 2.24) is 19.9 Å². The largest absolute Gasteiger partial charge is 0.497 e. The summed E-state index contributed by atoms with van der Waals surface area (Å²) in [5, 5.41) is 0.506. The number of pyridine rings is 2. The summed E-state index contributed by atoms with van der Waals surface area (Å²) >= 11 is 0. The fourth-order valence-electron chi connectivity index (χ4n) is 2.32. The number of nitrogens with zero attached hydrogens (tertiary/aromatic N) is 3. The Balaban J connectivity index is 0.000000278. The zero-order valence-electron chi connectivity index (χ0n) is 14.3. The summed E-state index contributed by atoms with van der Waals surface area (Å²) in [4.78, 5) is 27.0. The van der Waals surface area contributed by atoms with E-state index in [0.29, 0.717) is 23.3 Å². The summed E-state index contributed by atoms with van der Waals surface area (Å²) in [5.74, 6) is 1.49. The van der Waals surface area contributed by atoms with Gasteiger partial charge < -0.3 is 9.72 Å². The molecule has 1 aromatic carbocycles. The van der Waals surface area contributed by atoms with Crippen LogP contribution in [0.25, 0.3) is 11.0 Å². The number of methoxy groups -OCH3 is 1. The molecule has 0 atom stereocenters. The van der Waals surface area contributed by atoms with E-state index in [1.165, 1.54) is 6.07 Å². The number of rotatable bonds is 3. The van der Waals surface area contributed by atoms with Crippen LogP contribution in [0.15, 0.2) is 78.1 Å². The second-order valence-electron chi connectivity index (χ2n) is 5.44. The third-order valence-corrected chi connectivity index (χ3v) is 3.65. The van der Waals surface area contributed by atoms with Crippen LogP contribution in [0.4, 0.5) is 0 Å². The Labute approximate surface area is 150 Å². The molecule has 0 bridgehead atoms. The van der Waals surface area contributed by atoms with E-state index in [1.54, 1.807) is 31.9 Å². The molecule has 26 heavy (non-hydrogen) atoms. The number of hydrogen-bond acceptors (Lipinski definition) is 5. The van der Waals surface area contributed by atoms with Crippen LogP contribution in [0.3, 0.4) is 0 Å². The molecule has 0 unspecified atom stereocenters. The summed E-state index contributed by atoms with van der Waals surface area (Å²) in [7, 11) is 1.64. The molecule has 6 nitrogen and oxygen atoms in total. The summed E-state index contributed by atoms with van der Waals surface area (Å²) < 4.78 is 5.12. The number of benzene rings is 1. The minimum atomic E-state index is -0.0743. The molecule has 0 saturated heterocycles. The molecule has 0 spiro atoms. The van der Waals surface area contributed by atoms with Gasteiger partial charge in [-0.05, 0) is 29.8 Å². The molecule has 3 heterocycles. The Morgan fingerprint density at radius 1 is 1.04 bits per heavy atom. The van der Waals surface area contributed by atoms with Gasteiger partial charge in [-0.3, -0.25) is 9.78 Å². The fraction of sp³-hybridized carbons (Fsp3) is 0.100. The van der Waals surface area contributed by atoms with Crippen molar-refractivity contribution in [3.63, 3.8) is 0 Å². The van der Waals surface area contributed by atoms with Gasteiger partial charge in [-0.1, -0.05) is 18.2 Å². The van der Waals surface area contributed by atoms with E-state index in [9.17, 15) is 4.79 Å². The van der Waals surface area contributed by atoms with Gasteiger partial charge in [0.2, 0.25) is 0 Å². The molecule has 0 radical (unpaired) electrons. The number of fused-ring (bicyclic) bond motifs is 1. The number of ether oxygens (including phenoxy) is 1. The van der Waals surface area contributed by atoms with Crippen LogP contribution in [0, 0.1) is 0 Å². The van der Waals surface area contributed by atoms with Crippen LogP contribution >= 0.6 is 0 Å². The Morgan fingerprint density at radius 2 is 1.81 bits per heavy atom. The standard InChI is InChI=1S/C15H13N3O2.C5H5N/c1-20-11-4-2-10(3-5-11)8-14-17-9-12-13(19)6-7-16-15(12)18-14;1-2-4-6-5-3-1/h2-7,9H,8H2,1H3,(H,16,17,18,19);1-5H. The number of aromatic nitrogens is 4. The lowest BCUT2D eigenvalue weighted by Crippen LogP contribution is -2.05. The fourth-order valence-corrected chi connectivity index (χ4v) is 2.32. The summed E-state index contributed by atoms with van der Waals surface area (Å²) in [6, 6.07) is 14.9. The molecule has 0 amide bonds. The summed E-state index contributed by atoms with van der Waals surface area (Å²) in [6.45, 7) is 0. The molecule has 6 heteroatoms. The maximum Gasteiger partial charge on any atom is 0.192 e. The first-order valence-electron chi connectivity index (χ1n) is 8.07. The van der Waals surface area contributed by atoms with E-state index >= 15 is 0 Å². The van der Waals surface area contributed by atoms with Crippen molar-refractivity contribution in [1.29, 1.82) is 0 Å². The molecule has 0 aliphatic heterocycles. The third-order valence-electron chi connectivity index (χ3n) is 3.65. The van der Waals surface area contributed by atoms with Gasteiger partial charge in [-0.2, -0.15) is 0 Å². The Morgan fingerprint density at radius 3 is 2.42 bits per heavy atom. The average Bonchev–Trinajstić information content (AvgIpc) is 2.70. The smallest absolute Gasteiger partial charge is 0.192 e. The van der Waals surface area contributed by atoms with Gasteiger partial charge in [-0.25, -0.2) is 9.97 Å². The molecule has 130 valence electrons. The van der Waals surface area contributed by atoms with Crippen LogP contribution < -0.4 is 10.2 Å². The van der Waals surface area contributed by atoms with Gasteiger partial charge in [0, 0.05) is 37.3 Å². The highest BCUT2D eigenvalue weighted by Gasteiger charge is 2.04. The van der Waals surface area contributed by atoms with Gasteiger partial charge in [0.15, 0.2) is 5.43 Å². The van der Waals surface area contributed by atoms with Gasteiger partial charge in [0.1, 0.15) is 17.2 Å². The SMILES string of the molecule is COc1ccc(Cc2ncc3c(=O)cc[nH]c3n2)cc1.c1ccncc1. The summed E-state index contributed by atoms with van der Waals surface area (Å²) in [5.41, 5.74) is 1.58. The molecule has 0 aliphatic rings. The van der Waals surface area contributed by atoms with Gasteiger partial charge >= 0.3 is 0 Å². The van der Waals surface area contributed by atoms with Crippen LogP contribution in [0.5, 0.6) is 5.75 Å². The molecule has 0 fully saturated rings. The second kappa shape index (κ2) is 8.53. The third kappa shape index (κ3) is 4.51. The van der Waals surface area contributed by atoms with Crippen molar-refractivity contribution < 1.29 is 4.74 Å². The van der Waals surface area contributed by atoms with E-state index in [0.717, 1.165) is 11.3 Å². The lowest BCUT2D eigenvalue weighted by atomic mass is 10.1. The zero-order chi connectivity index (χ0) is 18.2. The Bertz CT molecular complexity index is 988. The highest BCUT2D eigenvalue weighted by atomic mass is 16.5. The van der Waals surface area contributed by atoms with Crippen LogP contribution in [0.2, 0.25) is 0 Å². The van der Waals surface area contributed by atoms with Crippen molar-refractivity contribution in [2.75, 3.05) is 7.11 Å². The molecule has 0 aliphatic carbocycles. The molecule has 3 aromatic heterocycles. The monoisotopic (exact) mass is 346 g/mol. The number of nitrogens with one attached hydrogen (secondary N) is 1. The lowest BCUT2D eigenvalue weighted by molar-refractivity contribution is 0.414. The Kier molecular flexibility index (Phi) is 5.67. The van der Waals surface area contributed by atoms with Crippen molar-refractivity contribution in [2.24, 2.45) is 0 Å². The number of aromatic amines is 1. The average molecular weight is 346 g/mol. The molecule has 0 saturated carbocycles. The maximum absolute atomic E-state index is 11.6. The van der Waals surface area contributed by atoms with E-state index < -0.39 is 0 Å². The zero-order valence-corrected chi connectivity index (χ0v) is 14.3. The molecule has 4 rings (SSSR count). The van der Waals surface area contributed by atoms with Crippen molar-refractivity contribution >= 4 is 11.0 Å². The van der Waals surface area contributed by atoms with Gasteiger partial charge in [0.05, 0.1) is 12.5 Å². The van der Waals surface area contributed by atoms with E-state index in [4.69, 9.17) is 4.74 Å². The first-order valence-corrected chi connectivity index (χ1v) is 8.07. The molecular formula is C20H18N4O2. The predicted octanol–water partition coefficient (Wildman–Crippen LogP) is 3.00. The van der Waals surface area contributed by atoms with Crippen molar-refractivity contribution in [3.8, 4) is 5.75 Å². The summed E-state index contributed by atoms with van der Waals surface area (Å²) in [6.07, 6.45) is 7.27. The lowest BCUT2D eigenvalue weighted by Gasteiger charge is -2.03. The van der Waals surface area contributed by atoms with Crippen molar-refractivity contribution in [2.45, 2.75) is 6.42 Å². The van der Waals surface area contributed by atoms with E-state index in [2.05, 4.69) is 19.9 Å². The van der Waals surface area contributed by atoms with Crippen molar-refractivity contribution in [3.05, 3.63) is 94.9 Å². The quantitative estimate of drug-likeness (QED) is 0.617. The predicted molar refractivity (Wildman–Crippen MR) is 100 cm³/mol. The first kappa shape index (κ1) is 17.3. The number of hydrogen-bond donors (Lipinski definition) is 1. The minimum Gasteiger partial charge on any atom is -0.497 e. The van der Waals surface area contributed by atoms with Gasteiger partial charge in [-0.15, -0.1) is 0 Å². The molecular weight excluding hydrogens is 328 g/mol. The maximum atomic E-state index is 11.6. The number of H-pyrrole nitrogens is 1.